The maximum atomic E-state index is 12.2. The molecule has 5 nitrogen and oxygen atoms in total. The fourth-order valence-corrected chi connectivity index (χ4v) is 2.60. The second-order valence-corrected chi connectivity index (χ2v) is 5.04. The van der Waals surface area contributed by atoms with Gasteiger partial charge < -0.3 is 19.5 Å². The van der Waals surface area contributed by atoms with Crippen LogP contribution in [0.5, 0.6) is 0 Å². The molecule has 3 rings (SSSR count). The summed E-state index contributed by atoms with van der Waals surface area (Å²) >= 11 is 0. The Kier molecular flexibility index (Phi) is 3.05. The van der Waals surface area contributed by atoms with E-state index in [1.807, 2.05) is 13.0 Å². The third-order valence-electron chi connectivity index (χ3n) is 3.73. The zero-order valence-corrected chi connectivity index (χ0v) is 10.8. The molecule has 1 aromatic carbocycles. The average molecular weight is 263 g/mol. The van der Waals surface area contributed by atoms with Gasteiger partial charge >= 0.3 is 0 Å². The van der Waals surface area contributed by atoms with Gasteiger partial charge in [-0.05, 0) is 13.0 Å². The highest BCUT2D eigenvalue weighted by atomic mass is 16.7. The standard InChI is InChI=1S/C14H17NO4/c1-14(18-8-9-19-14)6-7-15-12(16)10-4-2-3-5-11(10)13(15)17/h2-5,12,16H,6-9H2,1H3. The number of aliphatic hydroxyl groups is 1. The normalized spacial score (nSPS) is 24.8. The van der Waals surface area contributed by atoms with Crippen LogP contribution in [0.3, 0.4) is 0 Å². The van der Waals surface area contributed by atoms with Crippen LogP contribution >= 0.6 is 0 Å². The lowest BCUT2D eigenvalue weighted by Gasteiger charge is -2.27. The van der Waals surface area contributed by atoms with Gasteiger partial charge in [0.05, 0.1) is 13.2 Å². The highest BCUT2D eigenvalue weighted by Crippen LogP contribution is 2.33. The van der Waals surface area contributed by atoms with Crippen LogP contribution in [0.15, 0.2) is 24.3 Å². The molecule has 0 bridgehead atoms. The van der Waals surface area contributed by atoms with E-state index < -0.39 is 12.0 Å². The van der Waals surface area contributed by atoms with Crippen LogP contribution in [-0.2, 0) is 9.47 Å². The second-order valence-electron chi connectivity index (χ2n) is 5.04. The van der Waals surface area contributed by atoms with Crippen LogP contribution in [-0.4, -0.2) is 41.5 Å². The molecule has 0 aliphatic carbocycles. The van der Waals surface area contributed by atoms with Crippen molar-refractivity contribution in [1.82, 2.24) is 4.90 Å². The molecule has 19 heavy (non-hydrogen) atoms. The minimum absolute atomic E-state index is 0.135. The van der Waals surface area contributed by atoms with E-state index in [0.29, 0.717) is 37.3 Å². The number of amides is 1. The average Bonchev–Trinajstić information content (AvgIpc) is 2.94. The molecule has 0 radical (unpaired) electrons. The van der Waals surface area contributed by atoms with Gasteiger partial charge in [0.1, 0.15) is 0 Å². The Morgan fingerprint density at radius 2 is 2.05 bits per heavy atom. The number of hydrogen-bond donors (Lipinski definition) is 1. The van der Waals surface area contributed by atoms with Crippen LogP contribution in [0.4, 0.5) is 0 Å². The van der Waals surface area contributed by atoms with Crippen molar-refractivity contribution in [3.05, 3.63) is 35.4 Å². The Morgan fingerprint density at radius 1 is 1.37 bits per heavy atom. The van der Waals surface area contributed by atoms with E-state index in [1.54, 1.807) is 18.2 Å². The number of fused-ring (bicyclic) bond motifs is 1. The molecule has 1 unspecified atom stereocenters. The first-order chi connectivity index (χ1) is 9.11. The number of aliphatic hydroxyl groups excluding tert-OH is 1. The van der Waals surface area contributed by atoms with Gasteiger partial charge in [0, 0.05) is 24.1 Å². The highest BCUT2D eigenvalue weighted by Gasteiger charge is 2.38. The van der Waals surface area contributed by atoms with Crippen LogP contribution in [0.2, 0.25) is 0 Å². The van der Waals surface area contributed by atoms with E-state index in [1.165, 1.54) is 4.90 Å². The Balaban J connectivity index is 1.72. The topological polar surface area (TPSA) is 59.0 Å². The minimum Gasteiger partial charge on any atom is -0.369 e. The molecule has 1 atom stereocenters. The maximum Gasteiger partial charge on any atom is 0.256 e. The first-order valence-electron chi connectivity index (χ1n) is 6.47. The molecule has 5 heteroatoms. The first kappa shape index (κ1) is 12.6. The Morgan fingerprint density at radius 3 is 2.74 bits per heavy atom. The van der Waals surface area contributed by atoms with Crippen LogP contribution in [0.25, 0.3) is 0 Å². The van der Waals surface area contributed by atoms with Gasteiger partial charge in [-0.3, -0.25) is 4.79 Å². The predicted molar refractivity (Wildman–Crippen MR) is 67.4 cm³/mol. The van der Waals surface area contributed by atoms with E-state index in [9.17, 15) is 9.90 Å². The van der Waals surface area contributed by atoms with Gasteiger partial charge in [-0.25, -0.2) is 0 Å². The van der Waals surface area contributed by atoms with Gasteiger partial charge in [0.25, 0.3) is 5.91 Å². The fraction of sp³-hybridized carbons (Fsp3) is 0.500. The van der Waals surface area contributed by atoms with Gasteiger partial charge in [-0.1, -0.05) is 18.2 Å². The zero-order valence-electron chi connectivity index (χ0n) is 10.8. The van der Waals surface area contributed by atoms with Crippen LogP contribution in [0, 0.1) is 0 Å². The summed E-state index contributed by atoms with van der Waals surface area (Å²) in [6.07, 6.45) is -0.322. The summed E-state index contributed by atoms with van der Waals surface area (Å²) in [6, 6.07) is 7.15. The summed E-state index contributed by atoms with van der Waals surface area (Å²) in [5.41, 5.74) is 1.25. The molecular weight excluding hydrogens is 246 g/mol. The van der Waals surface area contributed by atoms with Crippen LogP contribution in [0.1, 0.15) is 35.5 Å². The smallest absolute Gasteiger partial charge is 0.256 e. The number of rotatable bonds is 3. The molecule has 1 N–H and O–H groups in total. The largest absolute Gasteiger partial charge is 0.369 e. The van der Waals surface area contributed by atoms with Crippen molar-refractivity contribution < 1.29 is 19.4 Å². The number of carbonyl (C=O) groups is 1. The molecule has 2 aliphatic rings. The molecule has 1 aromatic rings. The molecule has 2 aliphatic heterocycles. The molecule has 1 amide bonds. The van der Waals surface area contributed by atoms with Crippen molar-refractivity contribution in [2.24, 2.45) is 0 Å². The summed E-state index contributed by atoms with van der Waals surface area (Å²) < 4.78 is 11.0. The molecule has 102 valence electrons. The Hall–Kier alpha value is -1.43. The second kappa shape index (κ2) is 4.59. The minimum atomic E-state index is -0.867. The van der Waals surface area contributed by atoms with Crippen molar-refractivity contribution in [2.45, 2.75) is 25.4 Å². The Bertz CT molecular complexity index is 496. The molecule has 0 saturated carbocycles. The monoisotopic (exact) mass is 263 g/mol. The summed E-state index contributed by atoms with van der Waals surface area (Å²) in [4.78, 5) is 13.7. The lowest BCUT2D eigenvalue weighted by atomic mass is 10.1. The lowest BCUT2D eigenvalue weighted by molar-refractivity contribution is -0.151. The summed E-state index contributed by atoms with van der Waals surface area (Å²) in [5.74, 6) is -0.779. The zero-order chi connectivity index (χ0) is 13.5. The van der Waals surface area contributed by atoms with Crippen molar-refractivity contribution in [3.8, 4) is 0 Å². The fourth-order valence-electron chi connectivity index (χ4n) is 2.60. The van der Waals surface area contributed by atoms with Gasteiger partial charge in [-0.15, -0.1) is 0 Å². The quantitative estimate of drug-likeness (QED) is 0.892. The van der Waals surface area contributed by atoms with Crippen molar-refractivity contribution in [1.29, 1.82) is 0 Å². The highest BCUT2D eigenvalue weighted by molar-refractivity contribution is 5.98. The van der Waals surface area contributed by atoms with Crippen molar-refractivity contribution >= 4 is 5.91 Å². The molecule has 1 saturated heterocycles. The van der Waals surface area contributed by atoms with E-state index >= 15 is 0 Å². The van der Waals surface area contributed by atoms with Crippen molar-refractivity contribution in [2.75, 3.05) is 19.8 Å². The van der Waals surface area contributed by atoms with E-state index in [2.05, 4.69) is 0 Å². The summed E-state index contributed by atoms with van der Waals surface area (Å²) in [5, 5.41) is 10.2. The summed E-state index contributed by atoms with van der Waals surface area (Å²) in [6.45, 7) is 3.42. The number of carbonyl (C=O) groups excluding carboxylic acids is 1. The number of ether oxygens (including phenoxy) is 2. The van der Waals surface area contributed by atoms with E-state index in [4.69, 9.17) is 9.47 Å². The third kappa shape index (κ3) is 2.14. The van der Waals surface area contributed by atoms with Gasteiger partial charge in [0.2, 0.25) is 0 Å². The molecule has 1 fully saturated rings. The number of nitrogens with zero attached hydrogens (tertiary/aromatic N) is 1. The van der Waals surface area contributed by atoms with E-state index in [-0.39, 0.29) is 5.91 Å². The third-order valence-corrected chi connectivity index (χ3v) is 3.73. The molecule has 0 spiro atoms. The Labute approximate surface area is 111 Å². The predicted octanol–water partition coefficient (Wildman–Crippen LogP) is 1.29. The first-order valence-corrected chi connectivity index (χ1v) is 6.47. The SMILES string of the molecule is CC1(CCN2C(=O)c3ccccc3C2O)OCCO1. The molecule has 0 aromatic heterocycles. The molecular formula is C14H17NO4. The van der Waals surface area contributed by atoms with E-state index in [0.717, 1.165) is 0 Å². The summed E-state index contributed by atoms with van der Waals surface area (Å²) in [7, 11) is 0. The van der Waals surface area contributed by atoms with Crippen LogP contribution < -0.4 is 0 Å². The molecule has 2 heterocycles. The number of benzene rings is 1. The lowest BCUT2D eigenvalue weighted by Crippen LogP contribution is -2.35. The maximum absolute atomic E-state index is 12.2. The van der Waals surface area contributed by atoms with Gasteiger partial charge in [-0.2, -0.15) is 0 Å². The van der Waals surface area contributed by atoms with Gasteiger partial charge in [0.15, 0.2) is 12.0 Å². The van der Waals surface area contributed by atoms with Crippen molar-refractivity contribution in [3.63, 3.8) is 0 Å². The number of hydrogen-bond acceptors (Lipinski definition) is 4.